The van der Waals surface area contributed by atoms with Crippen LogP contribution in [-0.4, -0.2) is 125 Å². The topological polar surface area (TPSA) is 206 Å². The predicted octanol–water partition coefficient (Wildman–Crippen LogP) is -3.98. The number of aliphatic hydroxyl groups is 8. The van der Waals surface area contributed by atoms with E-state index in [1.165, 1.54) is 6.20 Å². The predicted molar refractivity (Wildman–Crippen MR) is 121 cm³/mol. The summed E-state index contributed by atoms with van der Waals surface area (Å²) in [6.45, 7) is -1.10. The number of fused-ring (bicyclic) bond motifs is 1. The Balaban J connectivity index is 1.50. The molecule has 2 aromatic rings. The van der Waals surface area contributed by atoms with Gasteiger partial charge < -0.3 is 50.3 Å². The van der Waals surface area contributed by atoms with Crippen molar-refractivity contribution in [2.75, 3.05) is 13.2 Å². The molecule has 2 aliphatic heterocycles. The summed E-state index contributed by atoms with van der Waals surface area (Å²) in [5.74, 6) is 10.9. The zero-order chi connectivity index (χ0) is 26.0. The standard InChI is InChI=1S/C24H26N2O10/c27-9-16-21(31)23(33)19(29)14(35-16)4-2-11-1-3-13-12(7-11)8-25-18(26-13)6-5-15-20(30)24(34)22(32)17(10-28)36-15/h1,3,7-8,14-17,19-24,27-34H,9-10H2/t14-,15-,16-,17-,19-,20-,21-,22-,23-,24-/m1/s1. The molecule has 4 rings (SSSR count). The van der Waals surface area contributed by atoms with Crippen LogP contribution >= 0.6 is 0 Å². The van der Waals surface area contributed by atoms with Crippen LogP contribution in [0.4, 0.5) is 0 Å². The number of aromatic nitrogens is 2. The minimum atomic E-state index is -1.53. The first-order valence-electron chi connectivity index (χ1n) is 11.1. The van der Waals surface area contributed by atoms with Crippen LogP contribution in [0.1, 0.15) is 11.4 Å². The third kappa shape index (κ3) is 5.34. The van der Waals surface area contributed by atoms with Crippen LogP contribution in [0.5, 0.6) is 0 Å². The van der Waals surface area contributed by atoms with E-state index in [0.29, 0.717) is 16.5 Å². The number of aliphatic hydroxyl groups excluding tert-OH is 8. The summed E-state index contributed by atoms with van der Waals surface area (Å²) < 4.78 is 10.7. The van der Waals surface area contributed by atoms with Crippen LogP contribution in [0, 0.1) is 23.7 Å². The lowest BCUT2D eigenvalue weighted by Gasteiger charge is -2.37. The molecule has 0 unspecified atom stereocenters. The average Bonchev–Trinajstić information content (AvgIpc) is 2.89. The molecule has 12 heteroatoms. The van der Waals surface area contributed by atoms with Gasteiger partial charge in [0.25, 0.3) is 0 Å². The summed E-state index contributed by atoms with van der Waals surface area (Å²) in [6.07, 6.45) is -11.8. The van der Waals surface area contributed by atoms with Gasteiger partial charge in [0.1, 0.15) is 61.0 Å². The van der Waals surface area contributed by atoms with Crippen molar-refractivity contribution in [1.29, 1.82) is 0 Å². The van der Waals surface area contributed by atoms with E-state index in [2.05, 4.69) is 33.6 Å². The van der Waals surface area contributed by atoms with Crippen LogP contribution < -0.4 is 0 Å². The minimum absolute atomic E-state index is 0.111. The Morgan fingerprint density at radius 3 is 1.83 bits per heavy atom. The zero-order valence-electron chi connectivity index (χ0n) is 18.8. The van der Waals surface area contributed by atoms with Gasteiger partial charge in [0.2, 0.25) is 5.82 Å². The highest BCUT2D eigenvalue weighted by Crippen LogP contribution is 2.22. The van der Waals surface area contributed by atoms with Gasteiger partial charge in [0.05, 0.1) is 18.7 Å². The van der Waals surface area contributed by atoms with Crippen molar-refractivity contribution in [3.63, 3.8) is 0 Å². The molecular formula is C24H26N2O10. The summed E-state index contributed by atoms with van der Waals surface area (Å²) in [7, 11) is 0. The Bertz CT molecular complexity index is 1110. The Morgan fingerprint density at radius 1 is 0.722 bits per heavy atom. The molecule has 0 saturated carbocycles. The third-order valence-electron chi connectivity index (χ3n) is 6.05. The van der Waals surface area contributed by atoms with Gasteiger partial charge in [-0.15, -0.1) is 0 Å². The maximum absolute atomic E-state index is 10.1. The Hall–Kier alpha value is -2.72. The number of rotatable bonds is 2. The van der Waals surface area contributed by atoms with Crippen LogP contribution in [0.3, 0.4) is 0 Å². The van der Waals surface area contributed by atoms with Gasteiger partial charge in [-0.3, -0.25) is 0 Å². The molecule has 2 saturated heterocycles. The van der Waals surface area contributed by atoms with Crippen molar-refractivity contribution < 1.29 is 50.3 Å². The SMILES string of the molecule is OC[C@H]1O[C@H](C#Cc2ccc3nc(C#C[C@H]4O[C@H](CO)[C@@H](O)[C@H](O)[C@@H]4O)ncc3c2)[C@@H](O)[C@@H](O)[C@@H]1O. The van der Waals surface area contributed by atoms with E-state index in [9.17, 15) is 40.9 Å². The number of nitrogens with zero attached hydrogens (tertiary/aromatic N) is 2. The molecule has 2 fully saturated rings. The Kier molecular flexibility index (Phi) is 8.14. The van der Waals surface area contributed by atoms with E-state index < -0.39 is 74.3 Å². The molecule has 36 heavy (non-hydrogen) atoms. The fraction of sp³-hybridized carbons (Fsp3) is 0.500. The smallest absolute Gasteiger partial charge is 0.205 e. The van der Waals surface area contributed by atoms with E-state index in [1.807, 2.05) is 0 Å². The van der Waals surface area contributed by atoms with Crippen LogP contribution in [0.25, 0.3) is 10.9 Å². The first-order chi connectivity index (χ1) is 17.2. The van der Waals surface area contributed by atoms with Gasteiger partial charge in [-0.25, -0.2) is 9.97 Å². The zero-order valence-corrected chi connectivity index (χ0v) is 18.8. The second-order valence-electron chi connectivity index (χ2n) is 8.50. The number of benzene rings is 1. The van der Waals surface area contributed by atoms with Crippen LogP contribution in [0.15, 0.2) is 24.4 Å². The maximum Gasteiger partial charge on any atom is 0.205 e. The first-order valence-corrected chi connectivity index (χ1v) is 11.1. The minimum Gasteiger partial charge on any atom is -0.394 e. The molecule has 10 atom stereocenters. The maximum atomic E-state index is 10.1. The van der Waals surface area contributed by atoms with Crippen molar-refractivity contribution in [3.05, 3.63) is 35.8 Å². The highest BCUT2D eigenvalue weighted by atomic mass is 16.5. The van der Waals surface area contributed by atoms with E-state index in [0.717, 1.165) is 0 Å². The van der Waals surface area contributed by atoms with Crippen molar-refractivity contribution in [3.8, 4) is 23.7 Å². The fourth-order valence-corrected chi connectivity index (χ4v) is 3.90. The summed E-state index contributed by atoms with van der Waals surface area (Å²) >= 11 is 0. The van der Waals surface area contributed by atoms with E-state index in [1.54, 1.807) is 18.2 Å². The molecule has 1 aromatic heterocycles. The van der Waals surface area contributed by atoms with Gasteiger partial charge in [0, 0.05) is 17.1 Å². The van der Waals surface area contributed by atoms with Crippen molar-refractivity contribution in [1.82, 2.24) is 9.97 Å². The van der Waals surface area contributed by atoms with Gasteiger partial charge in [0.15, 0.2) is 0 Å². The molecule has 1 aromatic carbocycles. The first kappa shape index (κ1) is 26.3. The fourth-order valence-electron chi connectivity index (χ4n) is 3.90. The van der Waals surface area contributed by atoms with E-state index in [-0.39, 0.29) is 5.82 Å². The highest BCUT2D eigenvalue weighted by Gasteiger charge is 2.43. The molecule has 8 N–H and O–H groups in total. The summed E-state index contributed by atoms with van der Waals surface area (Å²) in [4.78, 5) is 8.46. The quantitative estimate of drug-likeness (QED) is 0.185. The van der Waals surface area contributed by atoms with Gasteiger partial charge in [-0.1, -0.05) is 17.8 Å². The van der Waals surface area contributed by atoms with Crippen molar-refractivity contribution >= 4 is 10.9 Å². The van der Waals surface area contributed by atoms with Crippen LogP contribution in [0.2, 0.25) is 0 Å². The van der Waals surface area contributed by atoms with Gasteiger partial charge in [-0.2, -0.15) is 0 Å². The molecule has 0 spiro atoms. The second-order valence-corrected chi connectivity index (χ2v) is 8.50. The monoisotopic (exact) mass is 502 g/mol. The molecule has 2 aliphatic rings. The van der Waals surface area contributed by atoms with E-state index >= 15 is 0 Å². The average molecular weight is 502 g/mol. The molecule has 3 heterocycles. The summed E-state index contributed by atoms with van der Waals surface area (Å²) in [5.41, 5.74) is 1.06. The van der Waals surface area contributed by atoms with Crippen LogP contribution in [-0.2, 0) is 9.47 Å². The Labute approximate surface area is 205 Å². The summed E-state index contributed by atoms with van der Waals surface area (Å²) in [6, 6.07) is 5.00. The summed E-state index contributed by atoms with van der Waals surface area (Å²) in [5, 5.41) is 78.8. The highest BCUT2D eigenvalue weighted by molar-refractivity contribution is 5.79. The van der Waals surface area contributed by atoms with Crippen molar-refractivity contribution in [2.24, 2.45) is 0 Å². The van der Waals surface area contributed by atoms with E-state index in [4.69, 9.17) is 9.47 Å². The number of hydrogen-bond donors (Lipinski definition) is 8. The Morgan fingerprint density at radius 2 is 1.28 bits per heavy atom. The molecule has 0 radical (unpaired) electrons. The molecular weight excluding hydrogens is 476 g/mol. The van der Waals surface area contributed by atoms with Gasteiger partial charge in [-0.05, 0) is 24.1 Å². The lowest BCUT2D eigenvalue weighted by molar-refractivity contribution is -0.214. The largest absolute Gasteiger partial charge is 0.394 e. The molecule has 0 aliphatic carbocycles. The second kappa shape index (κ2) is 11.1. The van der Waals surface area contributed by atoms with Gasteiger partial charge >= 0.3 is 0 Å². The molecule has 192 valence electrons. The lowest BCUT2D eigenvalue weighted by Crippen LogP contribution is -2.58. The number of hydrogen-bond acceptors (Lipinski definition) is 12. The molecule has 0 amide bonds. The molecule has 12 nitrogen and oxygen atoms in total. The lowest BCUT2D eigenvalue weighted by atomic mass is 9.95. The normalized spacial score (nSPS) is 36.4. The van der Waals surface area contributed by atoms with Crippen molar-refractivity contribution in [2.45, 2.75) is 61.0 Å². The third-order valence-corrected chi connectivity index (χ3v) is 6.05. The number of ether oxygens (including phenoxy) is 2. The molecule has 0 bridgehead atoms.